The van der Waals surface area contributed by atoms with Crippen molar-refractivity contribution in [3.05, 3.63) is 11.8 Å². The number of hydrogen-bond acceptors (Lipinski definition) is 2. The Bertz CT molecular complexity index is 282. The molecule has 1 fully saturated rings. The molecule has 0 bridgehead atoms. The number of rotatable bonds is 3. The van der Waals surface area contributed by atoms with Crippen LogP contribution < -0.4 is 5.32 Å². The number of urea groups is 1. The van der Waals surface area contributed by atoms with Crippen LogP contribution >= 0.6 is 0 Å². The Kier molecular flexibility index (Phi) is 4.34. The summed E-state index contributed by atoms with van der Waals surface area (Å²) in [5.74, 6) is 0.517. The second kappa shape index (κ2) is 5.53. The molecule has 4 heteroatoms. The van der Waals surface area contributed by atoms with Gasteiger partial charge in [-0.3, -0.25) is 9.89 Å². The second-order valence-electron chi connectivity index (χ2n) is 4.01. The molecule has 0 saturated carbocycles. The quantitative estimate of drug-likeness (QED) is 0.560. The van der Waals surface area contributed by atoms with Crippen molar-refractivity contribution in [1.82, 2.24) is 10.2 Å². The van der Waals surface area contributed by atoms with Crippen molar-refractivity contribution in [3.8, 4) is 0 Å². The largest absolute Gasteiger partial charge is 0.337 e. The summed E-state index contributed by atoms with van der Waals surface area (Å²) < 4.78 is 0. The lowest BCUT2D eigenvalue weighted by atomic mass is 10.2. The maximum atomic E-state index is 11.5. The summed E-state index contributed by atoms with van der Waals surface area (Å²) in [6.45, 7) is 7.61. The zero-order chi connectivity index (χ0) is 11.3. The molecule has 1 aliphatic heterocycles. The first-order valence-corrected chi connectivity index (χ1v) is 5.37. The fourth-order valence-electron chi connectivity index (χ4n) is 1.38. The van der Waals surface area contributed by atoms with Crippen molar-refractivity contribution in [1.29, 1.82) is 0 Å². The molecular weight excluding hydrogens is 190 g/mol. The average Bonchev–Trinajstić information content (AvgIpc) is 2.20. The Labute approximate surface area is 91.1 Å². The Balaban J connectivity index is 2.63. The van der Waals surface area contributed by atoms with Gasteiger partial charge in [-0.2, -0.15) is 0 Å². The molecule has 1 saturated heterocycles. The van der Waals surface area contributed by atoms with Gasteiger partial charge in [0.25, 0.3) is 0 Å². The number of amides is 2. The van der Waals surface area contributed by atoms with Gasteiger partial charge in [-0.1, -0.05) is 19.9 Å². The summed E-state index contributed by atoms with van der Waals surface area (Å²) in [5, 5.41) is 2.79. The number of nitrogens with zero attached hydrogens (tertiary/aromatic N) is 2. The number of allylic oxidation sites excluding steroid dienone is 1. The van der Waals surface area contributed by atoms with Gasteiger partial charge < -0.3 is 5.32 Å². The Hall–Kier alpha value is -1.32. The van der Waals surface area contributed by atoms with Crippen LogP contribution in [0.3, 0.4) is 0 Å². The third-order valence-corrected chi connectivity index (χ3v) is 2.19. The third kappa shape index (κ3) is 3.38. The van der Waals surface area contributed by atoms with Gasteiger partial charge in [0.15, 0.2) is 0 Å². The van der Waals surface area contributed by atoms with Crippen LogP contribution in [-0.2, 0) is 0 Å². The Morgan fingerprint density at radius 1 is 1.60 bits per heavy atom. The molecule has 4 nitrogen and oxygen atoms in total. The molecule has 1 rings (SSSR count). The minimum absolute atomic E-state index is 0.0816. The minimum atomic E-state index is -0.0816. The fraction of sp³-hybridized carbons (Fsp3) is 0.636. The molecule has 1 heterocycles. The van der Waals surface area contributed by atoms with Gasteiger partial charge in [-0.25, -0.2) is 4.79 Å². The van der Waals surface area contributed by atoms with Gasteiger partial charge in [0, 0.05) is 25.2 Å². The van der Waals surface area contributed by atoms with E-state index < -0.39 is 0 Å². The Morgan fingerprint density at radius 2 is 2.33 bits per heavy atom. The summed E-state index contributed by atoms with van der Waals surface area (Å²) in [7, 11) is 0. The molecule has 0 aromatic carbocycles. The molecule has 0 atom stereocenters. The van der Waals surface area contributed by atoms with Crippen molar-refractivity contribution < 1.29 is 4.79 Å². The molecule has 0 radical (unpaired) electrons. The van der Waals surface area contributed by atoms with E-state index in [1.54, 1.807) is 11.2 Å². The van der Waals surface area contributed by atoms with Crippen LogP contribution in [0.4, 0.5) is 4.79 Å². The number of hydrogen-bond donors (Lipinski definition) is 1. The van der Waals surface area contributed by atoms with Gasteiger partial charge >= 0.3 is 6.03 Å². The molecule has 2 amide bonds. The molecule has 0 aromatic rings. The van der Waals surface area contributed by atoms with Crippen LogP contribution in [0.1, 0.15) is 27.2 Å². The second-order valence-corrected chi connectivity index (χ2v) is 4.01. The first kappa shape index (κ1) is 11.8. The zero-order valence-corrected chi connectivity index (χ0v) is 9.66. The lowest BCUT2D eigenvalue weighted by molar-refractivity contribution is 0.222. The summed E-state index contributed by atoms with van der Waals surface area (Å²) >= 11 is 0. The summed E-state index contributed by atoms with van der Waals surface area (Å²) in [6.07, 6.45) is 4.46. The predicted octanol–water partition coefficient (Wildman–Crippen LogP) is 1.99. The van der Waals surface area contributed by atoms with Crippen molar-refractivity contribution in [2.24, 2.45) is 10.9 Å². The number of aliphatic imine (C=N–C) groups is 1. The average molecular weight is 209 g/mol. The monoisotopic (exact) mass is 209 g/mol. The van der Waals surface area contributed by atoms with E-state index in [1.807, 2.05) is 13.0 Å². The number of carbonyl (C=O) groups excluding carboxylic acids is 1. The number of nitrogens with one attached hydrogen (secondary N) is 1. The minimum Gasteiger partial charge on any atom is -0.337 e. The van der Waals surface area contributed by atoms with E-state index in [9.17, 15) is 4.79 Å². The molecular formula is C11H19N3O. The lowest BCUT2D eigenvalue weighted by Crippen LogP contribution is -2.44. The SMILES string of the molecule is C/C=C1/CCNC(=O)N1C=NCC(C)C. The van der Waals surface area contributed by atoms with Crippen molar-refractivity contribution in [3.63, 3.8) is 0 Å². The molecule has 1 aliphatic rings. The molecule has 1 N–H and O–H groups in total. The first-order chi connectivity index (χ1) is 7.15. The van der Waals surface area contributed by atoms with E-state index in [2.05, 4.69) is 24.2 Å². The van der Waals surface area contributed by atoms with E-state index in [0.29, 0.717) is 12.5 Å². The maximum Gasteiger partial charge on any atom is 0.326 e. The van der Waals surface area contributed by atoms with Crippen LogP contribution in [0.15, 0.2) is 16.8 Å². The zero-order valence-electron chi connectivity index (χ0n) is 9.66. The topological polar surface area (TPSA) is 44.7 Å². The standard InChI is InChI=1S/C11H19N3O/c1-4-10-5-6-13-11(15)14(10)8-12-7-9(2)3/h4,8-9H,5-7H2,1-3H3,(H,13,15)/b10-4-,12-8?. The van der Waals surface area contributed by atoms with E-state index >= 15 is 0 Å². The summed E-state index contributed by atoms with van der Waals surface area (Å²) in [5.41, 5.74) is 1.02. The van der Waals surface area contributed by atoms with Crippen LogP contribution in [0.2, 0.25) is 0 Å². The highest BCUT2D eigenvalue weighted by Crippen LogP contribution is 2.11. The highest BCUT2D eigenvalue weighted by atomic mass is 16.2. The Morgan fingerprint density at radius 3 is 2.93 bits per heavy atom. The van der Waals surface area contributed by atoms with Crippen LogP contribution in [0.5, 0.6) is 0 Å². The molecule has 0 spiro atoms. The molecule has 0 aromatic heterocycles. The smallest absolute Gasteiger partial charge is 0.326 e. The van der Waals surface area contributed by atoms with Gasteiger partial charge in [0.1, 0.15) is 0 Å². The molecule has 0 unspecified atom stereocenters. The van der Waals surface area contributed by atoms with E-state index in [-0.39, 0.29) is 6.03 Å². The van der Waals surface area contributed by atoms with Crippen molar-refractivity contribution in [2.75, 3.05) is 13.1 Å². The van der Waals surface area contributed by atoms with Gasteiger partial charge in [-0.05, 0) is 12.8 Å². The highest BCUT2D eigenvalue weighted by Gasteiger charge is 2.19. The van der Waals surface area contributed by atoms with E-state index in [4.69, 9.17) is 0 Å². The first-order valence-electron chi connectivity index (χ1n) is 5.37. The normalized spacial score (nSPS) is 20.4. The molecule has 15 heavy (non-hydrogen) atoms. The predicted molar refractivity (Wildman–Crippen MR) is 61.8 cm³/mol. The van der Waals surface area contributed by atoms with Crippen molar-refractivity contribution >= 4 is 12.4 Å². The van der Waals surface area contributed by atoms with Crippen LogP contribution in [-0.4, -0.2) is 30.4 Å². The summed E-state index contributed by atoms with van der Waals surface area (Å²) in [6, 6.07) is -0.0816. The van der Waals surface area contributed by atoms with Crippen LogP contribution in [0.25, 0.3) is 0 Å². The van der Waals surface area contributed by atoms with Gasteiger partial charge in [0.2, 0.25) is 0 Å². The lowest BCUT2D eigenvalue weighted by Gasteiger charge is -2.26. The maximum absolute atomic E-state index is 11.5. The summed E-state index contributed by atoms with van der Waals surface area (Å²) in [4.78, 5) is 17.4. The third-order valence-electron chi connectivity index (χ3n) is 2.19. The van der Waals surface area contributed by atoms with Crippen LogP contribution in [0, 0.1) is 5.92 Å². The van der Waals surface area contributed by atoms with E-state index in [0.717, 1.165) is 18.7 Å². The molecule has 0 aliphatic carbocycles. The van der Waals surface area contributed by atoms with Gasteiger partial charge in [0.05, 0.1) is 6.34 Å². The van der Waals surface area contributed by atoms with Crippen molar-refractivity contribution in [2.45, 2.75) is 27.2 Å². The van der Waals surface area contributed by atoms with Gasteiger partial charge in [-0.15, -0.1) is 0 Å². The molecule has 84 valence electrons. The van der Waals surface area contributed by atoms with E-state index in [1.165, 1.54) is 0 Å². The fourth-order valence-corrected chi connectivity index (χ4v) is 1.38. The highest BCUT2D eigenvalue weighted by molar-refractivity contribution is 5.89. The number of carbonyl (C=O) groups is 1.